The minimum absolute atomic E-state index is 0.519. The number of ether oxygens (including phenoxy) is 2. The summed E-state index contributed by atoms with van der Waals surface area (Å²) in [5, 5.41) is 9.19. The van der Waals surface area contributed by atoms with Crippen LogP contribution in [0.1, 0.15) is 12.8 Å². The molecule has 2 aliphatic heterocycles. The number of fused-ring (bicyclic) bond motifs is 1. The van der Waals surface area contributed by atoms with Gasteiger partial charge in [0.25, 0.3) is 0 Å². The number of hydrogen-bond acceptors (Lipinski definition) is 3. The molecule has 2 heterocycles. The van der Waals surface area contributed by atoms with Gasteiger partial charge in [0.1, 0.15) is 0 Å². The van der Waals surface area contributed by atoms with Gasteiger partial charge in [-0.25, -0.2) is 0 Å². The van der Waals surface area contributed by atoms with E-state index in [1.807, 2.05) is 0 Å². The molecule has 0 bridgehead atoms. The highest BCUT2D eigenvalue weighted by molar-refractivity contribution is 4.77. The van der Waals surface area contributed by atoms with E-state index in [2.05, 4.69) is 0 Å². The van der Waals surface area contributed by atoms with Crippen molar-refractivity contribution in [3.8, 4) is 0 Å². The van der Waals surface area contributed by atoms with Gasteiger partial charge in [0, 0.05) is 18.9 Å². The Balaban J connectivity index is 1.93. The molecule has 0 spiro atoms. The van der Waals surface area contributed by atoms with Crippen LogP contribution in [0.25, 0.3) is 0 Å². The highest BCUT2D eigenvalue weighted by Gasteiger charge is 2.32. The van der Waals surface area contributed by atoms with Crippen molar-refractivity contribution in [3.63, 3.8) is 0 Å². The third-order valence-corrected chi connectivity index (χ3v) is 2.64. The Morgan fingerprint density at radius 2 is 2.09 bits per heavy atom. The average Bonchev–Trinajstić information content (AvgIpc) is 2.04. The van der Waals surface area contributed by atoms with E-state index in [4.69, 9.17) is 9.47 Å². The lowest BCUT2D eigenvalue weighted by molar-refractivity contribution is -0.180. The Kier molecular flexibility index (Phi) is 2.11. The van der Waals surface area contributed by atoms with Crippen molar-refractivity contribution in [1.29, 1.82) is 0 Å². The predicted octanol–water partition coefficient (Wildman–Crippen LogP) is 0.378. The Morgan fingerprint density at radius 1 is 1.18 bits per heavy atom. The monoisotopic (exact) mass is 158 g/mol. The maximum Gasteiger partial charge on any atom is 0.154 e. The quantitative estimate of drug-likeness (QED) is 0.554. The zero-order valence-electron chi connectivity index (χ0n) is 6.53. The first-order chi connectivity index (χ1) is 5.36. The fraction of sp³-hybridized carbons (Fsp3) is 1.00. The maximum absolute atomic E-state index is 9.19. The number of rotatable bonds is 0. The van der Waals surface area contributed by atoms with Crippen LogP contribution in [0.5, 0.6) is 0 Å². The first-order valence-electron chi connectivity index (χ1n) is 4.23. The number of aliphatic hydroxyl groups is 1. The van der Waals surface area contributed by atoms with Crippen LogP contribution in [0.15, 0.2) is 0 Å². The Labute approximate surface area is 66.3 Å². The molecule has 3 atom stereocenters. The van der Waals surface area contributed by atoms with Crippen LogP contribution in [-0.2, 0) is 9.47 Å². The van der Waals surface area contributed by atoms with Gasteiger partial charge in [-0.15, -0.1) is 0 Å². The fourth-order valence-electron chi connectivity index (χ4n) is 1.90. The topological polar surface area (TPSA) is 38.7 Å². The van der Waals surface area contributed by atoms with Crippen molar-refractivity contribution in [2.45, 2.75) is 19.1 Å². The standard InChI is InChI=1S/C8H14O3/c9-8-3-6-1-2-10-4-7(6)5-11-8/h6-9H,1-5H2/t6-,7+,8?/m0/s1. The minimum atomic E-state index is -0.519. The summed E-state index contributed by atoms with van der Waals surface area (Å²) in [6, 6.07) is 0. The van der Waals surface area contributed by atoms with E-state index in [0.29, 0.717) is 18.4 Å². The summed E-state index contributed by atoms with van der Waals surface area (Å²) in [7, 11) is 0. The van der Waals surface area contributed by atoms with Gasteiger partial charge < -0.3 is 14.6 Å². The Morgan fingerprint density at radius 3 is 3.00 bits per heavy atom. The Bertz CT molecular complexity index is 137. The van der Waals surface area contributed by atoms with Crippen LogP contribution < -0.4 is 0 Å². The lowest BCUT2D eigenvalue weighted by Gasteiger charge is -2.37. The van der Waals surface area contributed by atoms with Gasteiger partial charge >= 0.3 is 0 Å². The second-order valence-electron chi connectivity index (χ2n) is 3.41. The third kappa shape index (κ3) is 1.55. The molecule has 2 fully saturated rings. The van der Waals surface area contributed by atoms with Crippen molar-refractivity contribution in [1.82, 2.24) is 0 Å². The SMILES string of the molecule is OC1C[C@@H]2CCOC[C@@H]2CO1. The number of aliphatic hydroxyl groups excluding tert-OH is 1. The van der Waals surface area contributed by atoms with Gasteiger partial charge in [-0.1, -0.05) is 0 Å². The molecule has 0 aromatic heterocycles. The van der Waals surface area contributed by atoms with Crippen molar-refractivity contribution >= 4 is 0 Å². The van der Waals surface area contributed by atoms with Crippen molar-refractivity contribution < 1.29 is 14.6 Å². The molecule has 3 heteroatoms. The van der Waals surface area contributed by atoms with Crippen molar-refractivity contribution in [2.75, 3.05) is 19.8 Å². The van der Waals surface area contributed by atoms with Crippen molar-refractivity contribution in [2.24, 2.45) is 11.8 Å². The van der Waals surface area contributed by atoms with E-state index in [1.54, 1.807) is 0 Å². The highest BCUT2D eigenvalue weighted by Crippen LogP contribution is 2.30. The molecule has 1 N–H and O–H groups in total. The molecular formula is C8H14O3. The van der Waals surface area contributed by atoms with E-state index in [9.17, 15) is 5.11 Å². The van der Waals surface area contributed by atoms with Gasteiger partial charge in [0.15, 0.2) is 6.29 Å². The molecule has 0 saturated carbocycles. The molecule has 0 aromatic rings. The van der Waals surface area contributed by atoms with Crippen LogP contribution in [0.3, 0.4) is 0 Å². The zero-order chi connectivity index (χ0) is 7.68. The summed E-state index contributed by atoms with van der Waals surface area (Å²) in [6.07, 6.45) is 1.37. The van der Waals surface area contributed by atoms with Gasteiger partial charge in [-0.2, -0.15) is 0 Å². The fourth-order valence-corrected chi connectivity index (χ4v) is 1.90. The highest BCUT2D eigenvalue weighted by atomic mass is 16.6. The minimum Gasteiger partial charge on any atom is -0.381 e. The summed E-state index contributed by atoms with van der Waals surface area (Å²) in [6.45, 7) is 2.34. The summed E-state index contributed by atoms with van der Waals surface area (Å²) < 4.78 is 10.4. The summed E-state index contributed by atoms with van der Waals surface area (Å²) in [5.41, 5.74) is 0. The summed E-state index contributed by atoms with van der Waals surface area (Å²) in [5.74, 6) is 1.17. The van der Waals surface area contributed by atoms with E-state index in [1.165, 1.54) is 0 Å². The predicted molar refractivity (Wildman–Crippen MR) is 39.0 cm³/mol. The van der Waals surface area contributed by atoms with Crippen molar-refractivity contribution in [3.05, 3.63) is 0 Å². The molecule has 2 rings (SSSR count). The van der Waals surface area contributed by atoms with Gasteiger partial charge in [-0.05, 0) is 12.3 Å². The molecule has 3 nitrogen and oxygen atoms in total. The molecule has 2 aliphatic rings. The average molecular weight is 158 g/mol. The lowest BCUT2D eigenvalue weighted by Crippen LogP contribution is -2.39. The molecule has 11 heavy (non-hydrogen) atoms. The molecule has 1 unspecified atom stereocenters. The zero-order valence-corrected chi connectivity index (χ0v) is 6.53. The second-order valence-corrected chi connectivity index (χ2v) is 3.41. The van der Waals surface area contributed by atoms with E-state index < -0.39 is 6.29 Å². The van der Waals surface area contributed by atoms with Crippen LogP contribution >= 0.6 is 0 Å². The summed E-state index contributed by atoms with van der Waals surface area (Å²) in [4.78, 5) is 0. The normalized spacial score (nSPS) is 45.0. The molecule has 0 aliphatic carbocycles. The van der Waals surface area contributed by atoms with E-state index >= 15 is 0 Å². The van der Waals surface area contributed by atoms with E-state index in [0.717, 1.165) is 26.1 Å². The molecule has 2 saturated heterocycles. The smallest absolute Gasteiger partial charge is 0.154 e. The van der Waals surface area contributed by atoms with Gasteiger partial charge in [0.2, 0.25) is 0 Å². The molecular weight excluding hydrogens is 144 g/mol. The van der Waals surface area contributed by atoms with Crippen LogP contribution in [0, 0.1) is 11.8 Å². The first-order valence-corrected chi connectivity index (χ1v) is 4.23. The molecule has 0 amide bonds. The maximum atomic E-state index is 9.19. The van der Waals surface area contributed by atoms with Crippen LogP contribution in [0.2, 0.25) is 0 Å². The molecule has 0 radical (unpaired) electrons. The van der Waals surface area contributed by atoms with Crippen LogP contribution in [0.4, 0.5) is 0 Å². The first kappa shape index (κ1) is 7.53. The largest absolute Gasteiger partial charge is 0.381 e. The van der Waals surface area contributed by atoms with Gasteiger partial charge in [0.05, 0.1) is 13.2 Å². The third-order valence-electron chi connectivity index (χ3n) is 2.64. The molecule has 0 aromatic carbocycles. The number of hydrogen-bond donors (Lipinski definition) is 1. The Hall–Kier alpha value is -0.120. The van der Waals surface area contributed by atoms with Gasteiger partial charge in [-0.3, -0.25) is 0 Å². The molecule has 64 valence electrons. The second kappa shape index (κ2) is 3.09. The van der Waals surface area contributed by atoms with Crippen LogP contribution in [-0.4, -0.2) is 31.2 Å². The summed E-state index contributed by atoms with van der Waals surface area (Å²) >= 11 is 0. The lowest BCUT2D eigenvalue weighted by atomic mass is 9.84. The van der Waals surface area contributed by atoms with E-state index in [-0.39, 0.29) is 0 Å².